The summed E-state index contributed by atoms with van der Waals surface area (Å²) >= 11 is 1.80. The Morgan fingerprint density at radius 1 is 1.30 bits per heavy atom. The van der Waals surface area contributed by atoms with Gasteiger partial charge in [0.25, 0.3) is 0 Å². The van der Waals surface area contributed by atoms with E-state index in [1.807, 2.05) is 12.1 Å². The predicted octanol–water partition coefficient (Wildman–Crippen LogP) is 4.42. The molecule has 0 N–H and O–H groups in total. The van der Waals surface area contributed by atoms with E-state index < -0.39 is 0 Å². The number of carbonyl (C=O) groups excluding carboxylic acids is 1. The minimum absolute atomic E-state index is 0.0419. The third kappa shape index (κ3) is 3.27. The molecule has 23 heavy (non-hydrogen) atoms. The van der Waals surface area contributed by atoms with Gasteiger partial charge in [-0.3, -0.25) is 4.79 Å². The molecule has 0 bridgehead atoms. The molecule has 0 aliphatic carbocycles. The second-order valence-electron chi connectivity index (χ2n) is 5.92. The van der Waals surface area contributed by atoms with Crippen LogP contribution in [0.4, 0.5) is 0 Å². The van der Waals surface area contributed by atoms with Crippen LogP contribution in [0, 0.1) is 0 Å². The third-order valence-corrected chi connectivity index (χ3v) is 5.46. The summed E-state index contributed by atoms with van der Waals surface area (Å²) in [6.07, 6.45) is 3.62. The van der Waals surface area contributed by atoms with Crippen LogP contribution >= 0.6 is 11.3 Å². The van der Waals surface area contributed by atoms with Crippen LogP contribution in [-0.4, -0.2) is 24.5 Å². The van der Waals surface area contributed by atoms with Gasteiger partial charge in [0.05, 0.1) is 13.2 Å². The van der Waals surface area contributed by atoms with Crippen molar-refractivity contribution in [3.63, 3.8) is 0 Å². The van der Waals surface area contributed by atoms with Crippen molar-refractivity contribution in [1.82, 2.24) is 4.90 Å². The fourth-order valence-electron chi connectivity index (χ4n) is 3.20. The lowest BCUT2D eigenvalue weighted by molar-refractivity contribution is -0.133. The summed E-state index contributed by atoms with van der Waals surface area (Å²) in [5, 5.41) is 2.14. The zero-order chi connectivity index (χ0) is 16.2. The van der Waals surface area contributed by atoms with Crippen LogP contribution in [0.15, 0.2) is 35.7 Å². The Bertz CT molecular complexity index is 662. The van der Waals surface area contributed by atoms with Gasteiger partial charge in [0.15, 0.2) is 0 Å². The summed E-state index contributed by atoms with van der Waals surface area (Å²) in [4.78, 5) is 16.2. The largest absolute Gasteiger partial charge is 0.497 e. The first-order valence-corrected chi connectivity index (χ1v) is 9.12. The average Bonchev–Trinajstić information content (AvgIpc) is 3.07. The molecule has 1 aromatic heterocycles. The standard InChI is InChI=1S/C19H23NO2S/c1-3-4-5-18(21)20-12-10-17-16(11-13-23-17)19(20)14-6-8-15(22-2)9-7-14/h6-9,11,13,19H,3-5,10,12H2,1-2H3. The number of amides is 1. The first-order valence-electron chi connectivity index (χ1n) is 8.24. The Labute approximate surface area is 141 Å². The summed E-state index contributed by atoms with van der Waals surface area (Å²) in [7, 11) is 1.67. The van der Waals surface area contributed by atoms with Crippen LogP contribution < -0.4 is 4.74 Å². The molecule has 1 aromatic carbocycles. The van der Waals surface area contributed by atoms with Crippen LogP contribution in [0.1, 0.15) is 48.2 Å². The molecule has 3 nitrogen and oxygen atoms in total. The summed E-state index contributed by atoms with van der Waals surface area (Å²) < 4.78 is 5.26. The number of carbonyl (C=O) groups is 1. The van der Waals surface area contributed by atoms with Crippen molar-refractivity contribution in [1.29, 1.82) is 0 Å². The van der Waals surface area contributed by atoms with E-state index in [1.54, 1.807) is 18.4 Å². The van der Waals surface area contributed by atoms with Crippen LogP contribution in [0.3, 0.4) is 0 Å². The van der Waals surface area contributed by atoms with Crippen molar-refractivity contribution >= 4 is 17.2 Å². The first-order chi connectivity index (χ1) is 11.2. The van der Waals surface area contributed by atoms with E-state index in [9.17, 15) is 4.79 Å². The molecule has 0 fully saturated rings. The van der Waals surface area contributed by atoms with E-state index in [-0.39, 0.29) is 11.9 Å². The van der Waals surface area contributed by atoms with Crippen molar-refractivity contribution in [2.24, 2.45) is 0 Å². The number of thiophene rings is 1. The van der Waals surface area contributed by atoms with Crippen LogP contribution in [0.25, 0.3) is 0 Å². The minimum atomic E-state index is 0.0419. The molecule has 2 aromatic rings. The molecule has 1 atom stereocenters. The molecule has 3 rings (SSSR count). The van der Waals surface area contributed by atoms with Crippen molar-refractivity contribution in [2.75, 3.05) is 13.7 Å². The van der Waals surface area contributed by atoms with E-state index in [4.69, 9.17) is 4.74 Å². The molecular weight excluding hydrogens is 306 g/mol. The zero-order valence-electron chi connectivity index (χ0n) is 13.7. The maximum absolute atomic E-state index is 12.7. The van der Waals surface area contributed by atoms with E-state index >= 15 is 0 Å². The molecule has 1 aliphatic heterocycles. The van der Waals surface area contributed by atoms with Crippen molar-refractivity contribution in [2.45, 2.75) is 38.6 Å². The van der Waals surface area contributed by atoms with Gasteiger partial charge in [-0.05, 0) is 47.5 Å². The number of rotatable bonds is 5. The van der Waals surface area contributed by atoms with Gasteiger partial charge in [-0.15, -0.1) is 11.3 Å². The van der Waals surface area contributed by atoms with Gasteiger partial charge < -0.3 is 9.64 Å². The smallest absolute Gasteiger partial charge is 0.223 e. The molecule has 1 aliphatic rings. The maximum atomic E-state index is 12.7. The number of unbranched alkanes of at least 4 members (excludes halogenated alkanes) is 1. The van der Waals surface area contributed by atoms with Gasteiger partial charge in [-0.2, -0.15) is 0 Å². The fourth-order valence-corrected chi connectivity index (χ4v) is 4.11. The summed E-state index contributed by atoms with van der Waals surface area (Å²) in [5.41, 5.74) is 2.45. The van der Waals surface area contributed by atoms with E-state index in [0.717, 1.165) is 37.1 Å². The molecule has 1 amide bonds. The number of hydrogen-bond acceptors (Lipinski definition) is 3. The van der Waals surface area contributed by atoms with Crippen molar-refractivity contribution in [3.8, 4) is 5.75 Å². The SMILES string of the molecule is CCCCC(=O)N1CCc2sccc2C1c1ccc(OC)cc1. The summed E-state index contributed by atoms with van der Waals surface area (Å²) in [6.45, 7) is 2.94. The van der Waals surface area contributed by atoms with Crippen LogP contribution in [0.5, 0.6) is 5.75 Å². The Balaban J connectivity index is 1.94. The molecule has 0 saturated carbocycles. The van der Waals surface area contributed by atoms with Crippen molar-refractivity contribution < 1.29 is 9.53 Å². The topological polar surface area (TPSA) is 29.5 Å². The highest BCUT2D eigenvalue weighted by molar-refractivity contribution is 7.10. The third-order valence-electron chi connectivity index (χ3n) is 4.46. The number of fused-ring (bicyclic) bond motifs is 1. The van der Waals surface area contributed by atoms with Crippen LogP contribution in [0.2, 0.25) is 0 Å². The first kappa shape index (κ1) is 16.1. The number of ether oxygens (including phenoxy) is 1. The Kier molecular flexibility index (Phi) is 5.01. The van der Waals surface area contributed by atoms with E-state index in [1.165, 1.54) is 10.4 Å². The summed E-state index contributed by atoms with van der Waals surface area (Å²) in [6, 6.07) is 10.3. The minimum Gasteiger partial charge on any atom is -0.497 e. The molecule has 0 spiro atoms. The Hall–Kier alpha value is -1.81. The zero-order valence-corrected chi connectivity index (χ0v) is 14.6. The summed E-state index contributed by atoms with van der Waals surface area (Å²) in [5.74, 6) is 1.11. The Morgan fingerprint density at radius 3 is 2.78 bits per heavy atom. The van der Waals surface area contributed by atoms with Gasteiger partial charge >= 0.3 is 0 Å². The van der Waals surface area contributed by atoms with E-state index in [0.29, 0.717) is 6.42 Å². The molecule has 4 heteroatoms. The second-order valence-corrected chi connectivity index (χ2v) is 6.92. The number of hydrogen-bond donors (Lipinski definition) is 0. The number of nitrogens with zero attached hydrogens (tertiary/aromatic N) is 1. The van der Waals surface area contributed by atoms with E-state index in [2.05, 4.69) is 35.4 Å². The highest BCUT2D eigenvalue weighted by Gasteiger charge is 2.32. The van der Waals surface area contributed by atoms with Gasteiger partial charge in [-0.25, -0.2) is 0 Å². The van der Waals surface area contributed by atoms with Gasteiger partial charge in [-0.1, -0.05) is 25.5 Å². The molecule has 122 valence electrons. The normalized spacial score (nSPS) is 17.0. The number of benzene rings is 1. The van der Waals surface area contributed by atoms with Gasteiger partial charge in [0.1, 0.15) is 5.75 Å². The van der Waals surface area contributed by atoms with Gasteiger partial charge in [0, 0.05) is 17.8 Å². The second kappa shape index (κ2) is 7.18. The maximum Gasteiger partial charge on any atom is 0.223 e. The average molecular weight is 329 g/mol. The molecule has 0 radical (unpaired) electrons. The van der Waals surface area contributed by atoms with Gasteiger partial charge in [0.2, 0.25) is 5.91 Å². The quantitative estimate of drug-likeness (QED) is 0.812. The molecule has 0 saturated heterocycles. The van der Waals surface area contributed by atoms with Crippen LogP contribution in [-0.2, 0) is 11.2 Å². The molecule has 1 unspecified atom stereocenters. The molecular formula is C19H23NO2S. The monoisotopic (exact) mass is 329 g/mol. The lowest BCUT2D eigenvalue weighted by Crippen LogP contribution is -2.39. The highest BCUT2D eigenvalue weighted by Crippen LogP contribution is 2.38. The Morgan fingerprint density at radius 2 is 2.09 bits per heavy atom. The lowest BCUT2D eigenvalue weighted by Gasteiger charge is -2.36. The number of methoxy groups -OCH3 is 1. The fraction of sp³-hybridized carbons (Fsp3) is 0.421. The highest BCUT2D eigenvalue weighted by atomic mass is 32.1. The lowest BCUT2D eigenvalue weighted by atomic mass is 9.92. The molecule has 2 heterocycles. The van der Waals surface area contributed by atoms with Crippen molar-refractivity contribution in [3.05, 3.63) is 51.7 Å². The predicted molar refractivity (Wildman–Crippen MR) is 94.1 cm³/mol.